The summed E-state index contributed by atoms with van der Waals surface area (Å²) in [7, 11) is 0. The van der Waals surface area contributed by atoms with Crippen LogP contribution in [0.2, 0.25) is 0 Å². The maximum absolute atomic E-state index is 10.4. The van der Waals surface area contributed by atoms with Crippen LogP contribution in [0.15, 0.2) is 6.20 Å². The van der Waals surface area contributed by atoms with Crippen LogP contribution in [0, 0.1) is 6.92 Å². The highest BCUT2D eigenvalue weighted by molar-refractivity contribution is 5.87. The van der Waals surface area contributed by atoms with Crippen molar-refractivity contribution in [1.82, 2.24) is 5.32 Å². The molecule has 0 aromatic carbocycles. The highest BCUT2D eigenvalue weighted by Crippen LogP contribution is 2.25. The zero-order valence-electron chi connectivity index (χ0n) is 13.6. The van der Waals surface area contributed by atoms with Crippen LogP contribution in [0.1, 0.15) is 44.1 Å². The van der Waals surface area contributed by atoms with Crippen molar-refractivity contribution in [2.75, 3.05) is 0 Å². The zero-order chi connectivity index (χ0) is 18.9. The molecule has 1 aromatic rings. The second-order valence-corrected chi connectivity index (χ2v) is 5.03. The van der Waals surface area contributed by atoms with Gasteiger partial charge in [-0.05, 0) is 13.3 Å². The fourth-order valence-electron chi connectivity index (χ4n) is 2.04. The van der Waals surface area contributed by atoms with Crippen molar-refractivity contribution >= 4 is 18.7 Å². The van der Waals surface area contributed by atoms with E-state index in [2.05, 4.69) is 10.3 Å². The molecule has 0 saturated carbocycles. The molecule has 1 fully saturated rings. The topological polar surface area (TPSA) is 158 Å². The summed E-state index contributed by atoms with van der Waals surface area (Å²) in [5.41, 5.74) is 1.48. The molecule has 9 nitrogen and oxygen atoms in total. The minimum absolute atomic E-state index is 0. The Balaban J connectivity index is 0. The number of carbonyl (C=O) groups excluding carboxylic acids is 2. The zero-order valence-corrected chi connectivity index (χ0v) is 13.6. The molecule has 0 radical (unpaired) electrons. The summed E-state index contributed by atoms with van der Waals surface area (Å²) in [5, 5.41) is 38.5. The number of aliphatic hydroxyl groups excluding tert-OH is 2. The summed E-state index contributed by atoms with van der Waals surface area (Å²) in [6, 6.07) is -0.641. The molecule has 2 atom stereocenters. The van der Waals surface area contributed by atoms with Gasteiger partial charge in [0, 0.05) is 20.3 Å². The number of carboxylic acids is 1. The van der Waals surface area contributed by atoms with Gasteiger partial charge in [-0.2, -0.15) is 0 Å². The maximum atomic E-state index is 10.4. The molecule has 1 unspecified atom stereocenters. The SMILES string of the molecule is C=O.Cc1[nH+]cc(C(C)O)c(CO)c1O.O=C1CC[C@@H](C(=O)O)N1.[HH]. The number of hydrogen-bond acceptors (Lipinski definition) is 6. The highest BCUT2D eigenvalue weighted by atomic mass is 16.4. The van der Waals surface area contributed by atoms with Gasteiger partial charge in [-0.1, -0.05) is 0 Å². The van der Waals surface area contributed by atoms with Crippen LogP contribution in [-0.2, 0) is 21.0 Å². The fourth-order valence-corrected chi connectivity index (χ4v) is 2.04. The molecule has 0 bridgehead atoms. The van der Waals surface area contributed by atoms with Crippen LogP contribution < -0.4 is 10.3 Å². The molecule has 24 heavy (non-hydrogen) atoms. The second-order valence-electron chi connectivity index (χ2n) is 5.03. The van der Waals surface area contributed by atoms with Gasteiger partial charge in [-0.3, -0.25) is 4.79 Å². The molecule has 6 N–H and O–H groups in total. The first-order chi connectivity index (χ1) is 11.3. The van der Waals surface area contributed by atoms with Crippen molar-refractivity contribution in [3.05, 3.63) is 23.0 Å². The standard InChI is InChI=1S/C9H13NO3.C5H7NO3.CH2O.H2/c1-5-9(13)8(4-11)7(3-10-5)6(2)12;7-4-2-1-3(6-4)5(8)9;1-2;/h3,6,11-13H,4H2,1-2H3;3H,1-2H2,(H,6,7)(H,8,9);1H2;1H/p+1/t;3-;;/m.0../s1. The third kappa shape index (κ3) is 5.94. The third-order valence-electron chi connectivity index (χ3n) is 3.34. The molecule has 136 valence electrons. The van der Waals surface area contributed by atoms with Crippen LogP contribution in [-0.4, -0.2) is 45.1 Å². The van der Waals surface area contributed by atoms with E-state index in [0.29, 0.717) is 29.7 Å². The summed E-state index contributed by atoms with van der Waals surface area (Å²) < 4.78 is 0. The molecule has 1 aliphatic heterocycles. The van der Waals surface area contributed by atoms with Gasteiger partial charge in [-0.25, -0.2) is 9.78 Å². The normalized spacial score (nSPS) is 16.8. The monoisotopic (exact) mass is 345 g/mol. The number of aromatic amines is 1. The summed E-state index contributed by atoms with van der Waals surface area (Å²) in [5.74, 6) is -1.09. The number of rotatable bonds is 3. The predicted octanol–water partition coefficient (Wildman–Crippen LogP) is -0.529. The third-order valence-corrected chi connectivity index (χ3v) is 3.34. The highest BCUT2D eigenvalue weighted by Gasteiger charge is 2.26. The number of hydrogen-bond donors (Lipinski definition) is 5. The number of carbonyl (C=O) groups is 3. The molecular formula is C15H25N2O7+. The number of aryl methyl sites for hydroxylation is 1. The molecule has 2 rings (SSSR count). The molecular weight excluding hydrogens is 320 g/mol. The van der Waals surface area contributed by atoms with Crippen LogP contribution in [0.4, 0.5) is 0 Å². The van der Waals surface area contributed by atoms with E-state index >= 15 is 0 Å². The molecule has 0 spiro atoms. The molecule has 1 aromatic heterocycles. The number of aliphatic hydroxyl groups is 2. The summed E-state index contributed by atoms with van der Waals surface area (Å²) in [6.45, 7) is 5.00. The van der Waals surface area contributed by atoms with Crippen LogP contribution in [0.3, 0.4) is 0 Å². The van der Waals surface area contributed by atoms with Gasteiger partial charge in [0.15, 0.2) is 11.9 Å². The molecule has 2 heterocycles. The molecule has 1 aliphatic rings. The van der Waals surface area contributed by atoms with Gasteiger partial charge in [0.2, 0.25) is 11.6 Å². The Morgan fingerprint density at radius 1 is 1.54 bits per heavy atom. The van der Waals surface area contributed by atoms with Gasteiger partial charge < -0.3 is 30.5 Å². The number of H-pyrrole nitrogens is 1. The van der Waals surface area contributed by atoms with E-state index in [1.165, 1.54) is 0 Å². The Bertz CT molecular complexity index is 581. The number of carboxylic acid groups (broad SMARTS) is 1. The van der Waals surface area contributed by atoms with Gasteiger partial charge >= 0.3 is 5.97 Å². The molecule has 1 amide bonds. The van der Waals surface area contributed by atoms with E-state index in [1.807, 2.05) is 6.79 Å². The predicted molar refractivity (Wildman–Crippen MR) is 84.0 cm³/mol. The summed E-state index contributed by atoms with van der Waals surface area (Å²) >= 11 is 0. The van der Waals surface area contributed by atoms with Crippen molar-refractivity contribution in [3.8, 4) is 5.75 Å². The first kappa shape index (κ1) is 21.5. The number of pyridine rings is 1. The van der Waals surface area contributed by atoms with Crippen molar-refractivity contribution in [2.24, 2.45) is 0 Å². The van der Waals surface area contributed by atoms with E-state index in [1.54, 1.807) is 20.0 Å². The lowest BCUT2D eigenvalue weighted by atomic mass is 10.0. The van der Waals surface area contributed by atoms with E-state index in [9.17, 15) is 19.8 Å². The average Bonchev–Trinajstić information content (AvgIpc) is 2.99. The van der Waals surface area contributed by atoms with Crippen molar-refractivity contribution in [2.45, 2.75) is 45.4 Å². The van der Waals surface area contributed by atoms with Crippen LogP contribution >= 0.6 is 0 Å². The van der Waals surface area contributed by atoms with Gasteiger partial charge in [0.05, 0.1) is 18.3 Å². The maximum Gasteiger partial charge on any atom is 0.326 e. The summed E-state index contributed by atoms with van der Waals surface area (Å²) in [6.07, 6.45) is 1.65. The minimum atomic E-state index is -0.944. The molecule has 1 saturated heterocycles. The number of amides is 1. The fraction of sp³-hybridized carbons (Fsp3) is 0.467. The van der Waals surface area contributed by atoms with E-state index < -0.39 is 18.1 Å². The lowest BCUT2D eigenvalue weighted by Gasteiger charge is -2.08. The Labute approximate surface area is 140 Å². The van der Waals surface area contributed by atoms with Crippen LogP contribution in [0.5, 0.6) is 5.75 Å². The van der Waals surface area contributed by atoms with Gasteiger partial charge in [0.1, 0.15) is 12.8 Å². The average molecular weight is 345 g/mol. The number of aliphatic carboxylic acids is 1. The van der Waals surface area contributed by atoms with E-state index in [4.69, 9.17) is 15.0 Å². The Morgan fingerprint density at radius 3 is 2.46 bits per heavy atom. The van der Waals surface area contributed by atoms with Crippen molar-refractivity contribution in [3.63, 3.8) is 0 Å². The smallest absolute Gasteiger partial charge is 0.326 e. The Hall–Kier alpha value is -2.52. The number of aromatic nitrogens is 1. The number of aromatic hydroxyl groups is 1. The molecule has 9 heteroatoms. The van der Waals surface area contributed by atoms with E-state index in [-0.39, 0.29) is 19.7 Å². The van der Waals surface area contributed by atoms with Crippen LogP contribution in [0.25, 0.3) is 0 Å². The quantitative estimate of drug-likeness (QED) is 0.492. The van der Waals surface area contributed by atoms with Crippen molar-refractivity contribution < 1.29 is 41.2 Å². The van der Waals surface area contributed by atoms with E-state index in [0.717, 1.165) is 0 Å². The first-order valence-corrected chi connectivity index (χ1v) is 7.10. The first-order valence-electron chi connectivity index (χ1n) is 7.10. The second kappa shape index (κ2) is 10.3. The minimum Gasteiger partial charge on any atom is -0.502 e. The van der Waals surface area contributed by atoms with Gasteiger partial charge in [-0.15, -0.1) is 0 Å². The lowest BCUT2D eigenvalue weighted by molar-refractivity contribution is -0.390. The Morgan fingerprint density at radius 2 is 2.12 bits per heavy atom. The summed E-state index contributed by atoms with van der Waals surface area (Å²) in [4.78, 5) is 31.3. The lowest BCUT2D eigenvalue weighted by Crippen LogP contribution is -2.32. The number of nitrogens with one attached hydrogen (secondary N) is 2. The van der Waals surface area contributed by atoms with Gasteiger partial charge in [0.25, 0.3) is 0 Å². The molecule has 0 aliphatic carbocycles. The Kier molecular flexibility index (Phi) is 9.21. The van der Waals surface area contributed by atoms with Crippen molar-refractivity contribution in [1.29, 1.82) is 0 Å². The largest absolute Gasteiger partial charge is 0.502 e.